The number of quaternary nitrogens is 1. The van der Waals surface area contributed by atoms with Crippen molar-refractivity contribution in [1.29, 1.82) is 0 Å². The second-order valence-corrected chi connectivity index (χ2v) is 24.1. The van der Waals surface area contributed by atoms with Gasteiger partial charge in [0.2, 0.25) is 0 Å². The summed E-state index contributed by atoms with van der Waals surface area (Å²) in [5, 5.41) is 0. The van der Waals surface area contributed by atoms with Crippen LogP contribution in [0, 0.1) is 0 Å². The highest BCUT2D eigenvalue weighted by Gasteiger charge is 2.22. The van der Waals surface area contributed by atoms with Gasteiger partial charge in [-0.3, -0.25) is 14.2 Å². The van der Waals surface area contributed by atoms with E-state index in [-0.39, 0.29) is 32.0 Å². The maximum Gasteiger partial charge on any atom is 0.306 e. The lowest BCUT2D eigenvalue weighted by molar-refractivity contribution is -0.870. The highest BCUT2D eigenvalue weighted by molar-refractivity contribution is 7.45. The molecule has 9 nitrogen and oxygen atoms in total. The van der Waals surface area contributed by atoms with Crippen LogP contribution in [0.15, 0.2) is 109 Å². The molecule has 0 N–H and O–H groups in total. The summed E-state index contributed by atoms with van der Waals surface area (Å²) in [7, 11) is 1.16. The second-order valence-electron chi connectivity index (χ2n) is 22.7. The van der Waals surface area contributed by atoms with E-state index in [2.05, 4.69) is 123 Å². The fraction of sp³-hybridized carbons (Fsp3) is 0.714. The van der Waals surface area contributed by atoms with E-state index in [0.29, 0.717) is 17.4 Å². The summed E-state index contributed by atoms with van der Waals surface area (Å²) in [5.41, 5.74) is 0. The molecule has 0 heterocycles. The largest absolute Gasteiger partial charge is 0.756 e. The van der Waals surface area contributed by atoms with Crippen molar-refractivity contribution >= 4 is 19.8 Å². The number of phosphoric ester groups is 1. The summed E-state index contributed by atoms with van der Waals surface area (Å²) in [6.07, 6.45) is 84.3. The van der Waals surface area contributed by atoms with Gasteiger partial charge in [-0.25, -0.2) is 0 Å². The topological polar surface area (TPSA) is 111 Å². The van der Waals surface area contributed by atoms with Crippen molar-refractivity contribution in [3.05, 3.63) is 109 Å². The van der Waals surface area contributed by atoms with E-state index in [0.717, 1.165) is 96.3 Å². The molecule has 0 aromatic rings. The van der Waals surface area contributed by atoms with Crippen molar-refractivity contribution in [3.8, 4) is 0 Å². The van der Waals surface area contributed by atoms with E-state index < -0.39 is 26.5 Å². The molecule has 2 unspecified atom stereocenters. The van der Waals surface area contributed by atoms with Crippen LogP contribution < -0.4 is 4.89 Å². The third kappa shape index (κ3) is 63.8. The maximum atomic E-state index is 12.8. The summed E-state index contributed by atoms with van der Waals surface area (Å²) >= 11 is 0. The standard InChI is InChI=1S/C70H122NO8P/c1-6-8-10-12-14-16-18-20-22-24-26-28-30-32-34-35-37-39-41-43-45-47-49-51-53-55-57-59-61-63-70(73)79-68(67-78-80(74,75)77-65-64-71(3,4)5)66-76-69(72)62-60-58-56-54-52-50-48-46-44-42-40-38-36-33-31-29-27-25-23-21-19-17-15-13-11-9-7-2/h8-11,14-17,20-23,26-29,32,34,68H,6-7,12-13,18-19,24-25,30-31,33,35-67H2,1-5H3/b10-8-,11-9-,16-14-,17-15-,22-20-,23-21-,28-26-,29-27-,34-32-. The van der Waals surface area contributed by atoms with Crippen molar-refractivity contribution in [2.75, 3.05) is 47.5 Å². The summed E-state index contributed by atoms with van der Waals surface area (Å²) in [4.78, 5) is 38.0. The number of rotatable bonds is 59. The molecule has 80 heavy (non-hydrogen) atoms. The van der Waals surface area contributed by atoms with Crippen molar-refractivity contribution in [2.45, 2.75) is 277 Å². The fourth-order valence-electron chi connectivity index (χ4n) is 8.85. The lowest BCUT2D eigenvalue weighted by Crippen LogP contribution is -2.37. The Morgan fingerprint density at radius 1 is 0.388 bits per heavy atom. The molecule has 10 heteroatoms. The van der Waals surface area contributed by atoms with Gasteiger partial charge in [0, 0.05) is 12.8 Å². The Labute approximate surface area is 493 Å². The van der Waals surface area contributed by atoms with Gasteiger partial charge in [-0.1, -0.05) is 271 Å². The van der Waals surface area contributed by atoms with Crippen LogP contribution in [-0.4, -0.2) is 70.0 Å². The molecule has 0 aliphatic rings. The van der Waals surface area contributed by atoms with Gasteiger partial charge in [0.25, 0.3) is 7.82 Å². The van der Waals surface area contributed by atoms with Gasteiger partial charge in [0.1, 0.15) is 19.8 Å². The molecule has 0 spiro atoms. The zero-order chi connectivity index (χ0) is 58.4. The Balaban J connectivity index is 4.10. The third-order valence-electron chi connectivity index (χ3n) is 13.8. The van der Waals surface area contributed by atoms with Gasteiger partial charge < -0.3 is 27.9 Å². The van der Waals surface area contributed by atoms with Crippen molar-refractivity contribution in [3.63, 3.8) is 0 Å². The number of esters is 2. The molecule has 0 amide bonds. The number of hydrogen-bond acceptors (Lipinski definition) is 8. The number of hydrogen-bond donors (Lipinski definition) is 0. The van der Waals surface area contributed by atoms with Gasteiger partial charge in [-0.05, 0) is 96.3 Å². The highest BCUT2D eigenvalue weighted by Crippen LogP contribution is 2.38. The van der Waals surface area contributed by atoms with Crippen LogP contribution in [0.1, 0.15) is 271 Å². The molecule has 0 rings (SSSR count). The number of ether oxygens (including phenoxy) is 2. The molecule has 0 fully saturated rings. The number of unbranched alkanes of at least 4 members (excludes halogenated alkanes) is 27. The number of carbonyl (C=O) groups is 2. The average molecular weight is 1140 g/mol. The number of likely N-dealkylation sites (N-methyl/N-ethyl adjacent to an activating group) is 1. The molecular formula is C70H122NO8P. The van der Waals surface area contributed by atoms with Crippen molar-refractivity contribution < 1.29 is 42.1 Å². The van der Waals surface area contributed by atoms with E-state index in [1.54, 1.807) is 0 Å². The lowest BCUT2D eigenvalue weighted by Gasteiger charge is -2.28. The van der Waals surface area contributed by atoms with E-state index in [1.165, 1.54) is 141 Å². The molecule has 0 saturated carbocycles. The fourth-order valence-corrected chi connectivity index (χ4v) is 9.58. The summed E-state index contributed by atoms with van der Waals surface area (Å²) < 4.78 is 34.3. The lowest BCUT2D eigenvalue weighted by atomic mass is 10.0. The van der Waals surface area contributed by atoms with E-state index in [9.17, 15) is 19.0 Å². The molecule has 2 atom stereocenters. The molecule has 0 aliphatic carbocycles. The Morgan fingerprint density at radius 3 is 1.00 bits per heavy atom. The van der Waals surface area contributed by atoms with Crippen LogP contribution in [0.25, 0.3) is 0 Å². The monoisotopic (exact) mass is 1140 g/mol. The second kappa shape index (κ2) is 60.3. The average Bonchev–Trinajstić information content (AvgIpc) is 3.42. The van der Waals surface area contributed by atoms with Gasteiger partial charge in [-0.2, -0.15) is 0 Å². The van der Waals surface area contributed by atoms with Crippen molar-refractivity contribution in [2.24, 2.45) is 0 Å². The van der Waals surface area contributed by atoms with Crippen LogP contribution in [0.5, 0.6) is 0 Å². The molecule has 0 aliphatic heterocycles. The minimum absolute atomic E-state index is 0.0348. The minimum Gasteiger partial charge on any atom is -0.756 e. The maximum absolute atomic E-state index is 12.8. The van der Waals surface area contributed by atoms with Gasteiger partial charge in [0.15, 0.2) is 6.10 Å². The quantitative estimate of drug-likeness (QED) is 0.0195. The molecular weight excluding hydrogens is 1010 g/mol. The van der Waals surface area contributed by atoms with E-state index in [4.69, 9.17) is 18.5 Å². The van der Waals surface area contributed by atoms with Gasteiger partial charge in [-0.15, -0.1) is 0 Å². The Hall–Kier alpha value is -3.33. The zero-order valence-electron chi connectivity index (χ0n) is 52.2. The first-order valence-electron chi connectivity index (χ1n) is 32.6. The summed E-state index contributed by atoms with van der Waals surface area (Å²) in [5.74, 6) is -0.833. The Kier molecular flexibility index (Phi) is 57.8. The Morgan fingerprint density at radius 2 is 0.675 bits per heavy atom. The number of allylic oxidation sites excluding steroid dienone is 18. The van der Waals surface area contributed by atoms with Crippen LogP contribution in [0.3, 0.4) is 0 Å². The van der Waals surface area contributed by atoms with Crippen LogP contribution in [0.2, 0.25) is 0 Å². The predicted octanol–water partition coefficient (Wildman–Crippen LogP) is 20.3. The molecule has 460 valence electrons. The first-order valence-corrected chi connectivity index (χ1v) is 34.1. The number of phosphoric acid groups is 1. The van der Waals surface area contributed by atoms with Gasteiger partial charge >= 0.3 is 11.9 Å². The summed E-state index contributed by atoms with van der Waals surface area (Å²) in [6, 6.07) is 0. The highest BCUT2D eigenvalue weighted by atomic mass is 31.2. The normalized spacial score (nSPS) is 13.9. The van der Waals surface area contributed by atoms with Crippen LogP contribution >= 0.6 is 7.82 Å². The zero-order valence-corrected chi connectivity index (χ0v) is 53.1. The third-order valence-corrected chi connectivity index (χ3v) is 14.8. The van der Waals surface area contributed by atoms with Crippen LogP contribution in [-0.2, 0) is 32.7 Å². The van der Waals surface area contributed by atoms with Crippen molar-refractivity contribution in [1.82, 2.24) is 0 Å². The Bertz CT molecular complexity index is 1720. The molecule has 0 aromatic carbocycles. The predicted molar refractivity (Wildman–Crippen MR) is 342 cm³/mol. The molecule has 0 bridgehead atoms. The van der Waals surface area contributed by atoms with E-state index in [1.807, 2.05) is 21.1 Å². The SMILES string of the molecule is CC/C=C\C/C=C\C/C=C\C/C=C\C/C=C\CCCCCCCCCCCCCCCC(=O)OC(COC(=O)CCCCCCCCCCCCCCCC/C=C\C/C=C\C/C=C\C/C=C\CC)COP(=O)([O-])OCC[N+](C)(C)C. The van der Waals surface area contributed by atoms with Gasteiger partial charge in [0.05, 0.1) is 27.7 Å². The first-order chi connectivity index (χ1) is 39.0. The first kappa shape index (κ1) is 76.7. The summed E-state index contributed by atoms with van der Waals surface area (Å²) in [6.45, 7) is 4.03. The molecule has 0 radical (unpaired) electrons. The number of carbonyl (C=O) groups excluding carboxylic acids is 2. The number of nitrogens with zero attached hydrogens (tertiary/aromatic N) is 1. The molecule has 0 saturated heterocycles. The minimum atomic E-state index is -4.65. The molecule has 0 aromatic heterocycles. The van der Waals surface area contributed by atoms with Crippen LogP contribution in [0.4, 0.5) is 0 Å². The smallest absolute Gasteiger partial charge is 0.306 e. The van der Waals surface area contributed by atoms with E-state index >= 15 is 0 Å².